The number of oxazole rings is 1. The van der Waals surface area contributed by atoms with Crippen LogP contribution < -0.4 is 5.32 Å². The number of halogens is 3. The van der Waals surface area contributed by atoms with Crippen molar-refractivity contribution in [2.75, 3.05) is 5.32 Å². The highest BCUT2D eigenvalue weighted by atomic mass is 32.2. The lowest BCUT2D eigenvalue weighted by Crippen LogP contribution is -2.17. The maximum atomic E-state index is 13.3. The highest BCUT2D eigenvalue weighted by Gasteiger charge is 2.34. The van der Waals surface area contributed by atoms with Crippen LogP contribution in [0, 0.1) is 6.92 Å². The van der Waals surface area contributed by atoms with Crippen LogP contribution in [0.5, 0.6) is 0 Å². The number of carbonyl (C=O) groups excluding carboxylic acids is 1. The number of aromatic nitrogens is 1. The van der Waals surface area contributed by atoms with Crippen LogP contribution >= 0.6 is 11.8 Å². The molecule has 1 aromatic carbocycles. The molecule has 130 valence electrons. The smallest absolute Gasteiger partial charge is 0.418 e. The fraction of sp³-hybridized carbons (Fsp3) is 0.375. The van der Waals surface area contributed by atoms with E-state index >= 15 is 0 Å². The molecule has 1 heterocycles. The largest absolute Gasteiger partial charge is 0.438 e. The first-order chi connectivity index (χ1) is 11.2. The molecule has 0 fully saturated rings. The molecule has 1 atom stereocenters. The Morgan fingerprint density at radius 2 is 2.12 bits per heavy atom. The van der Waals surface area contributed by atoms with E-state index in [0.29, 0.717) is 10.6 Å². The molecule has 0 spiro atoms. The number of nitrogens with one attached hydrogen (secondary N) is 1. The number of benzene rings is 1. The highest BCUT2D eigenvalue weighted by Crippen LogP contribution is 2.38. The van der Waals surface area contributed by atoms with E-state index in [9.17, 15) is 18.0 Å². The third-order valence-corrected chi connectivity index (χ3v) is 4.67. The zero-order valence-corrected chi connectivity index (χ0v) is 14.2. The van der Waals surface area contributed by atoms with Gasteiger partial charge in [0.15, 0.2) is 6.39 Å². The lowest BCUT2D eigenvalue weighted by molar-refractivity contribution is -0.137. The van der Waals surface area contributed by atoms with Crippen LogP contribution in [0.3, 0.4) is 0 Å². The molecule has 1 aromatic heterocycles. The van der Waals surface area contributed by atoms with Gasteiger partial charge in [-0.3, -0.25) is 4.79 Å². The molecule has 0 aliphatic carbocycles. The molecule has 0 unspecified atom stereocenters. The predicted molar refractivity (Wildman–Crippen MR) is 86.2 cm³/mol. The molecule has 0 aliphatic heterocycles. The number of rotatable bonds is 5. The summed E-state index contributed by atoms with van der Waals surface area (Å²) in [6.45, 7) is 5.45. The van der Waals surface area contributed by atoms with Crippen molar-refractivity contribution in [2.24, 2.45) is 0 Å². The monoisotopic (exact) mass is 358 g/mol. The van der Waals surface area contributed by atoms with E-state index in [1.54, 1.807) is 6.07 Å². The van der Waals surface area contributed by atoms with Crippen molar-refractivity contribution in [2.45, 2.75) is 43.5 Å². The Kier molecular flexibility index (Phi) is 5.58. The van der Waals surface area contributed by atoms with E-state index in [-0.39, 0.29) is 16.7 Å². The number of aryl methyl sites for hydroxylation is 1. The number of amides is 1. The molecular formula is C16H17F3N2O2S. The molecule has 0 saturated carbocycles. The Hall–Kier alpha value is -1.96. The van der Waals surface area contributed by atoms with E-state index in [1.807, 2.05) is 13.8 Å². The Morgan fingerprint density at radius 1 is 1.42 bits per heavy atom. The Morgan fingerprint density at radius 3 is 2.67 bits per heavy atom. The van der Waals surface area contributed by atoms with Crippen molar-refractivity contribution in [1.82, 2.24) is 4.98 Å². The van der Waals surface area contributed by atoms with Gasteiger partial charge < -0.3 is 9.73 Å². The summed E-state index contributed by atoms with van der Waals surface area (Å²) in [4.78, 5) is 16.3. The Bertz CT molecular complexity index is 728. The van der Waals surface area contributed by atoms with Gasteiger partial charge in [-0.1, -0.05) is 13.8 Å². The molecule has 24 heavy (non-hydrogen) atoms. The van der Waals surface area contributed by atoms with Gasteiger partial charge in [-0.05, 0) is 31.5 Å². The first kappa shape index (κ1) is 18.4. The molecule has 1 amide bonds. The fourth-order valence-electron chi connectivity index (χ4n) is 1.95. The molecular weight excluding hydrogens is 341 g/mol. The van der Waals surface area contributed by atoms with Gasteiger partial charge in [-0.2, -0.15) is 13.2 Å². The maximum Gasteiger partial charge on any atom is 0.418 e. The van der Waals surface area contributed by atoms with Gasteiger partial charge in [0.25, 0.3) is 5.91 Å². The highest BCUT2D eigenvalue weighted by molar-refractivity contribution is 7.99. The summed E-state index contributed by atoms with van der Waals surface area (Å²) in [5.41, 5.74) is -0.886. The van der Waals surface area contributed by atoms with E-state index < -0.39 is 17.6 Å². The van der Waals surface area contributed by atoms with Crippen LogP contribution in [-0.2, 0) is 6.18 Å². The van der Waals surface area contributed by atoms with Crippen molar-refractivity contribution < 1.29 is 22.4 Å². The van der Waals surface area contributed by atoms with E-state index in [2.05, 4.69) is 10.3 Å². The molecule has 1 N–H and O–H groups in total. The number of nitrogens with zero attached hydrogens (tertiary/aromatic N) is 1. The molecule has 2 aromatic rings. The molecule has 8 heteroatoms. The third kappa shape index (κ3) is 4.31. The summed E-state index contributed by atoms with van der Waals surface area (Å²) in [6.07, 6.45) is -2.67. The van der Waals surface area contributed by atoms with Crippen LogP contribution in [0.2, 0.25) is 0 Å². The third-order valence-electron chi connectivity index (χ3n) is 3.41. The topological polar surface area (TPSA) is 55.1 Å². The van der Waals surface area contributed by atoms with E-state index in [0.717, 1.165) is 18.9 Å². The van der Waals surface area contributed by atoms with Crippen molar-refractivity contribution in [1.29, 1.82) is 0 Å². The minimum absolute atomic E-state index is 0.110. The minimum atomic E-state index is -4.58. The van der Waals surface area contributed by atoms with Gasteiger partial charge in [0.1, 0.15) is 0 Å². The van der Waals surface area contributed by atoms with Gasteiger partial charge in [-0.25, -0.2) is 4.98 Å². The first-order valence-corrected chi connectivity index (χ1v) is 8.19. The van der Waals surface area contributed by atoms with Gasteiger partial charge in [-0.15, -0.1) is 11.8 Å². The van der Waals surface area contributed by atoms with E-state index in [1.165, 1.54) is 24.8 Å². The van der Waals surface area contributed by atoms with Crippen molar-refractivity contribution in [3.63, 3.8) is 0 Å². The molecule has 0 bridgehead atoms. The molecule has 2 rings (SSSR count). The number of carbonyl (C=O) groups is 1. The quantitative estimate of drug-likeness (QED) is 0.752. The Labute approximate surface area is 141 Å². The average Bonchev–Trinajstić information content (AvgIpc) is 2.93. The summed E-state index contributed by atoms with van der Waals surface area (Å²) in [5, 5.41) is 2.45. The van der Waals surface area contributed by atoms with Crippen LogP contribution in [-0.4, -0.2) is 16.1 Å². The Balaban J connectivity index is 2.32. The molecule has 0 saturated heterocycles. The van der Waals surface area contributed by atoms with Crippen molar-refractivity contribution in [3.05, 3.63) is 41.6 Å². The summed E-state index contributed by atoms with van der Waals surface area (Å²) in [5.74, 6) is -0.876. The summed E-state index contributed by atoms with van der Waals surface area (Å²) in [7, 11) is 0. The lowest BCUT2D eigenvalue weighted by atomic mass is 10.1. The molecule has 0 aliphatic rings. The zero-order chi connectivity index (χ0) is 17.9. The van der Waals surface area contributed by atoms with Crippen LogP contribution in [0.15, 0.2) is 33.9 Å². The zero-order valence-electron chi connectivity index (χ0n) is 13.4. The van der Waals surface area contributed by atoms with Crippen LogP contribution in [0.25, 0.3) is 0 Å². The predicted octanol–water partition coefficient (Wildman–Crippen LogP) is 5.14. The molecule has 0 radical (unpaired) electrons. The van der Waals surface area contributed by atoms with E-state index in [4.69, 9.17) is 4.42 Å². The number of hydrogen-bond donors (Lipinski definition) is 1. The van der Waals surface area contributed by atoms with Crippen LogP contribution in [0.1, 0.15) is 42.1 Å². The second-order valence-electron chi connectivity index (χ2n) is 5.26. The van der Waals surface area contributed by atoms with Crippen molar-refractivity contribution in [3.8, 4) is 0 Å². The van der Waals surface area contributed by atoms with Gasteiger partial charge >= 0.3 is 6.18 Å². The van der Waals surface area contributed by atoms with Crippen LogP contribution in [0.4, 0.5) is 18.9 Å². The van der Waals surface area contributed by atoms with Gasteiger partial charge in [0.05, 0.1) is 16.9 Å². The minimum Gasteiger partial charge on any atom is -0.438 e. The van der Waals surface area contributed by atoms with Gasteiger partial charge in [0.2, 0.25) is 5.76 Å². The average molecular weight is 358 g/mol. The maximum absolute atomic E-state index is 13.3. The second kappa shape index (κ2) is 7.29. The number of thioether (sulfide) groups is 1. The normalized spacial score (nSPS) is 12.9. The fourth-order valence-corrected chi connectivity index (χ4v) is 2.92. The number of anilines is 1. The number of alkyl halides is 3. The van der Waals surface area contributed by atoms with Crippen molar-refractivity contribution >= 4 is 23.4 Å². The van der Waals surface area contributed by atoms with Gasteiger partial charge in [0, 0.05) is 10.1 Å². The SMILES string of the molecule is CC[C@H](C)Sc1ccc(NC(=O)c2ocnc2C)c(C(F)(F)F)c1. The molecule has 4 nitrogen and oxygen atoms in total. The second-order valence-corrected chi connectivity index (χ2v) is 6.77. The summed E-state index contributed by atoms with van der Waals surface area (Å²) in [6, 6.07) is 3.88. The number of hydrogen-bond acceptors (Lipinski definition) is 4. The summed E-state index contributed by atoms with van der Waals surface area (Å²) >= 11 is 1.36. The first-order valence-electron chi connectivity index (χ1n) is 7.31. The lowest BCUT2D eigenvalue weighted by Gasteiger charge is -2.16. The standard InChI is InChI=1S/C16H17F3N2O2S/c1-4-9(2)24-11-5-6-13(12(7-11)16(17,18)19)21-15(22)14-10(3)20-8-23-14/h5-9H,4H2,1-3H3,(H,21,22)/t9-/m0/s1. The summed E-state index contributed by atoms with van der Waals surface area (Å²) < 4.78 is 44.9.